The molecule has 2 rings (SSSR count). The van der Waals surface area contributed by atoms with E-state index in [0.29, 0.717) is 27.7 Å². The van der Waals surface area contributed by atoms with Gasteiger partial charge in [0.25, 0.3) is 0 Å². The number of nitrogens with one attached hydrogen (secondary N) is 2. The number of anilines is 2. The summed E-state index contributed by atoms with van der Waals surface area (Å²) in [6, 6.07) is 2.11. The monoisotopic (exact) mass is 260 g/mol. The molecule has 1 heterocycles. The van der Waals surface area contributed by atoms with E-state index >= 15 is 0 Å². The number of halogens is 2. The Morgan fingerprint density at radius 2 is 2.12 bits per heavy atom. The summed E-state index contributed by atoms with van der Waals surface area (Å²) < 4.78 is 0. The van der Waals surface area contributed by atoms with Gasteiger partial charge in [-0.3, -0.25) is 0 Å². The third kappa shape index (κ3) is 2.34. The second-order valence-corrected chi connectivity index (χ2v) is 4.76. The molecule has 0 amide bonds. The maximum absolute atomic E-state index is 6.04. The summed E-state index contributed by atoms with van der Waals surface area (Å²) in [5.41, 5.74) is 2.44. The van der Waals surface area contributed by atoms with E-state index in [2.05, 4.69) is 22.7 Å². The molecule has 0 spiro atoms. The summed E-state index contributed by atoms with van der Waals surface area (Å²) >= 11 is 11.9. The fourth-order valence-corrected chi connectivity index (χ4v) is 2.19. The lowest BCUT2D eigenvalue weighted by Crippen LogP contribution is -2.12. The van der Waals surface area contributed by atoms with Gasteiger partial charge in [-0.05, 0) is 18.4 Å². The molecule has 2 unspecified atom stereocenters. The number of aromatic nitrogens is 1. The number of hydrogen-bond acceptors (Lipinski definition) is 4. The number of hydrogen-bond donors (Lipinski definition) is 3. The zero-order valence-electron chi connectivity index (χ0n) is 8.93. The number of nitrogens with zero attached hydrogens (tertiary/aromatic N) is 1. The Hall–Kier alpha value is -0.710. The average Bonchev–Trinajstić information content (AvgIpc) is 3.00. The first kappa shape index (κ1) is 11.8. The number of pyridine rings is 1. The SMILES string of the molecule is CCC1CC1Nc1nc(NN)c(Cl)cc1Cl. The first-order valence-corrected chi connectivity index (χ1v) is 6.00. The molecule has 0 saturated heterocycles. The quantitative estimate of drug-likeness (QED) is 0.576. The van der Waals surface area contributed by atoms with Crippen LogP contribution in [0.15, 0.2) is 6.07 Å². The Morgan fingerprint density at radius 1 is 1.44 bits per heavy atom. The molecule has 6 heteroatoms. The van der Waals surface area contributed by atoms with E-state index in [9.17, 15) is 0 Å². The van der Waals surface area contributed by atoms with Crippen molar-refractivity contribution in [3.63, 3.8) is 0 Å². The van der Waals surface area contributed by atoms with Crippen molar-refractivity contribution >= 4 is 34.8 Å². The fourth-order valence-electron chi connectivity index (χ4n) is 1.72. The van der Waals surface area contributed by atoms with Crippen molar-refractivity contribution in [2.45, 2.75) is 25.8 Å². The minimum Gasteiger partial charge on any atom is -0.366 e. The van der Waals surface area contributed by atoms with Gasteiger partial charge in [-0.1, -0.05) is 36.5 Å². The van der Waals surface area contributed by atoms with E-state index in [1.54, 1.807) is 6.07 Å². The smallest absolute Gasteiger partial charge is 0.161 e. The second kappa shape index (κ2) is 4.65. The summed E-state index contributed by atoms with van der Waals surface area (Å²) in [7, 11) is 0. The van der Waals surface area contributed by atoms with Gasteiger partial charge in [-0.25, -0.2) is 10.8 Å². The van der Waals surface area contributed by atoms with Crippen LogP contribution >= 0.6 is 23.2 Å². The van der Waals surface area contributed by atoms with Crippen LogP contribution in [0.1, 0.15) is 19.8 Å². The topological polar surface area (TPSA) is 63.0 Å². The van der Waals surface area contributed by atoms with Crippen molar-refractivity contribution in [3.8, 4) is 0 Å². The lowest BCUT2D eigenvalue weighted by molar-refractivity contribution is 0.773. The average molecular weight is 261 g/mol. The van der Waals surface area contributed by atoms with Gasteiger partial charge in [0.15, 0.2) is 5.82 Å². The van der Waals surface area contributed by atoms with Crippen molar-refractivity contribution in [2.75, 3.05) is 10.7 Å². The first-order valence-electron chi connectivity index (χ1n) is 5.25. The van der Waals surface area contributed by atoms with E-state index in [0.717, 1.165) is 5.92 Å². The number of rotatable bonds is 4. The Bertz CT molecular complexity index is 397. The van der Waals surface area contributed by atoms with Gasteiger partial charge in [0, 0.05) is 6.04 Å². The van der Waals surface area contributed by atoms with Crippen LogP contribution in [0.3, 0.4) is 0 Å². The zero-order chi connectivity index (χ0) is 11.7. The lowest BCUT2D eigenvalue weighted by Gasteiger charge is -2.10. The van der Waals surface area contributed by atoms with Gasteiger partial charge in [0.2, 0.25) is 0 Å². The summed E-state index contributed by atoms with van der Waals surface area (Å²) in [5.74, 6) is 7.10. The Balaban J connectivity index is 2.14. The summed E-state index contributed by atoms with van der Waals surface area (Å²) in [5, 5.41) is 4.23. The van der Waals surface area contributed by atoms with Crippen LogP contribution in [0.5, 0.6) is 0 Å². The Morgan fingerprint density at radius 3 is 2.69 bits per heavy atom. The van der Waals surface area contributed by atoms with Gasteiger partial charge < -0.3 is 10.7 Å². The third-order valence-electron chi connectivity index (χ3n) is 2.84. The van der Waals surface area contributed by atoms with Gasteiger partial charge in [-0.2, -0.15) is 0 Å². The second-order valence-electron chi connectivity index (χ2n) is 3.95. The van der Waals surface area contributed by atoms with Crippen LogP contribution in [0.2, 0.25) is 10.0 Å². The number of nitrogen functional groups attached to an aromatic ring is 1. The molecule has 1 aliphatic carbocycles. The van der Waals surface area contributed by atoms with E-state index in [1.165, 1.54) is 12.8 Å². The van der Waals surface area contributed by atoms with Gasteiger partial charge in [0.05, 0.1) is 10.0 Å². The summed E-state index contributed by atoms with van der Waals surface area (Å²) in [6.07, 6.45) is 2.34. The molecule has 0 aliphatic heterocycles. The van der Waals surface area contributed by atoms with Crippen LogP contribution in [0, 0.1) is 5.92 Å². The van der Waals surface area contributed by atoms with Crippen molar-refractivity contribution < 1.29 is 0 Å². The van der Waals surface area contributed by atoms with E-state index in [1.807, 2.05) is 0 Å². The molecular formula is C10H14Cl2N4. The molecule has 1 saturated carbocycles. The van der Waals surface area contributed by atoms with Crippen molar-refractivity contribution in [1.82, 2.24) is 4.98 Å². The maximum Gasteiger partial charge on any atom is 0.161 e. The third-order valence-corrected chi connectivity index (χ3v) is 3.41. The van der Waals surface area contributed by atoms with Gasteiger partial charge >= 0.3 is 0 Å². The van der Waals surface area contributed by atoms with Crippen LogP contribution in [0.25, 0.3) is 0 Å². The molecule has 4 N–H and O–H groups in total. The van der Waals surface area contributed by atoms with Gasteiger partial charge in [0.1, 0.15) is 5.82 Å². The van der Waals surface area contributed by atoms with Gasteiger partial charge in [-0.15, -0.1) is 0 Å². The highest BCUT2D eigenvalue weighted by Gasteiger charge is 2.35. The molecule has 0 bridgehead atoms. The standard InChI is InChI=1S/C10H14Cl2N4/c1-2-5-3-8(5)14-9-6(11)4-7(12)10(15-9)16-13/h4-5,8H,2-3,13H2,1H3,(H2,14,15,16). The Labute approximate surface area is 104 Å². The molecule has 1 aromatic heterocycles. The molecule has 16 heavy (non-hydrogen) atoms. The summed E-state index contributed by atoms with van der Waals surface area (Å²) in [4.78, 5) is 4.23. The molecule has 1 fully saturated rings. The lowest BCUT2D eigenvalue weighted by atomic mass is 10.3. The van der Waals surface area contributed by atoms with E-state index < -0.39 is 0 Å². The maximum atomic E-state index is 6.04. The number of hydrazine groups is 1. The molecule has 0 radical (unpaired) electrons. The van der Waals surface area contributed by atoms with Crippen LogP contribution < -0.4 is 16.6 Å². The predicted octanol–water partition coefficient (Wildman–Crippen LogP) is 2.88. The zero-order valence-corrected chi connectivity index (χ0v) is 10.4. The fraction of sp³-hybridized carbons (Fsp3) is 0.500. The molecule has 4 nitrogen and oxygen atoms in total. The van der Waals surface area contributed by atoms with Crippen molar-refractivity contribution in [1.29, 1.82) is 0 Å². The van der Waals surface area contributed by atoms with Crippen molar-refractivity contribution in [3.05, 3.63) is 16.1 Å². The Kier molecular flexibility index (Phi) is 3.42. The van der Waals surface area contributed by atoms with Crippen molar-refractivity contribution in [2.24, 2.45) is 11.8 Å². The highest BCUT2D eigenvalue weighted by Crippen LogP contribution is 2.38. The molecular weight excluding hydrogens is 247 g/mol. The normalized spacial score (nSPS) is 23.0. The number of nitrogens with two attached hydrogens (primary N) is 1. The predicted molar refractivity (Wildman–Crippen MR) is 67.9 cm³/mol. The summed E-state index contributed by atoms with van der Waals surface area (Å²) in [6.45, 7) is 2.18. The molecule has 0 aromatic carbocycles. The van der Waals surface area contributed by atoms with E-state index in [4.69, 9.17) is 29.0 Å². The van der Waals surface area contributed by atoms with E-state index in [-0.39, 0.29) is 0 Å². The molecule has 88 valence electrons. The largest absolute Gasteiger partial charge is 0.366 e. The molecule has 1 aliphatic rings. The molecule has 1 aromatic rings. The van der Waals surface area contributed by atoms with Crippen LogP contribution in [-0.4, -0.2) is 11.0 Å². The minimum absolute atomic E-state index is 0.417. The highest BCUT2D eigenvalue weighted by atomic mass is 35.5. The van der Waals surface area contributed by atoms with Crippen LogP contribution in [0.4, 0.5) is 11.6 Å². The minimum atomic E-state index is 0.417. The molecule has 2 atom stereocenters. The van der Waals surface area contributed by atoms with Crippen LogP contribution in [-0.2, 0) is 0 Å². The first-order chi connectivity index (χ1) is 7.65. The highest BCUT2D eigenvalue weighted by molar-refractivity contribution is 6.37.